The van der Waals surface area contributed by atoms with Gasteiger partial charge in [-0.05, 0) is 76.1 Å². The molecule has 2 aromatic heterocycles. The predicted octanol–water partition coefficient (Wildman–Crippen LogP) is 5.26. The van der Waals surface area contributed by atoms with Gasteiger partial charge in [0.05, 0.1) is 5.69 Å². The number of anilines is 2. The normalized spacial score (nSPS) is 12.1. The van der Waals surface area contributed by atoms with Crippen molar-refractivity contribution in [1.29, 1.82) is 0 Å². The molecule has 0 spiro atoms. The van der Waals surface area contributed by atoms with Crippen molar-refractivity contribution in [1.82, 2.24) is 14.3 Å². The zero-order valence-electron chi connectivity index (χ0n) is 21.8. The number of aliphatic carboxylic acids is 1. The van der Waals surface area contributed by atoms with Gasteiger partial charge in [0.15, 0.2) is 10.8 Å². The Morgan fingerprint density at radius 1 is 1.13 bits per heavy atom. The van der Waals surface area contributed by atoms with E-state index in [4.69, 9.17) is 9.90 Å². The van der Waals surface area contributed by atoms with Crippen LogP contribution in [-0.4, -0.2) is 52.5 Å². The number of nitrogens with zero attached hydrogens (tertiary/aromatic N) is 3. The quantitative estimate of drug-likeness (QED) is 0.303. The molecule has 9 nitrogen and oxygen atoms in total. The van der Waals surface area contributed by atoms with Gasteiger partial charge in [-0.3, -0.25) is 9.62 Å². The number of carboxylic acid groups (broad SMARTS) is 1. The molecule has 15 heteroatoms. The molecule has 0 atom stereocenters. The first kappa shape index (κ1) is 31.9. The summed E-state index contributed by atoms with van der Waals surface area (Å²) in [6.45, 7) is 8.66. The maximum absolute atomic E-state index is 14.7. The second kappa shape index (κ2) is 12.7. The third-order valence-electron chi connectivity index (χ3n) is 5.40. The standard InChI is InChI=1S/C22H28FN5O2S2.C2HF3O2/c1-15-9-10-19(21(25-15)32(29,30)27-20-11-12-31-26-20)24-13-17-16(7-6-8-18(17)23)14-28(5)22(2,3)4;3-2(4,5)1(6)7/h6-12,24H,13-14H2,1-5H3,(H,26,27);(H,6,7). The molecule has 2 heterocycles. The van der Waals surface area contributed by atoms with E-state index in [2.05, 4.69) is 45.1 Å². The molecule has 1 aromatic carbocycles. The van der Waals surface area contributed by atoms with Gasteiger partial charge < -0.3 is 10.4 Å². The molecule has 3 aromatic rings. The summed E-state index contributed by atoms with van der Waals surface area (Å²) in [5, 5.41) is 11.7. The van der Waals surface area contributed by atoms with Crippen molar-refractivity contribution in [3.05, 3.63) is 64.4 Å². The lowest BCUT2D eigenvalue weighted by atomic mass is 10.0. The molecule has 0 saturated carbocycles. The Balaban J connectivity index is 0.000000673. The Hall–Kier alpha value is -3.30. The van der Waals surface area contributed by atoms with Gasteiger partial charge in [0.2, 0.25) is 0 Å². The summed E-state index contributed by atoms with van der Waals surface area (Å²) >= 11 is 1.14. The third-order valence-corrected chi connectivity index (χ3v) is 7.26. The van der Waals surface area contributed by atoms with E-state index in [1.54, 1.807) is 36.6 Å². The lowest BCUT2D eigenvalue weighted by Gasteiger charge is -2.32. The van der Waals surface area contributed by atoms with Crippen LogP contribution in [0.2, 0.25) is 0 Å². The minimum Gasteiger partial charge on any atom is -0.475 e. The molecule has 0 radical (unpaired) electrons. The number of alkyl halides is 3. The second-order valence-electron chi connectivity index (χ2n) is 9.36. The van der Waals surface area contributed by atoms with Crippen LogP contribution in [0.5, 0.6) is 0 Å². The van der Waals surface area contributed by atoms with E-state index in [0.717, 1.165) is 17.1 Å². The second-order valence-corrected chi connectivity index (χ2v) is 11.6. The van der Waals surface area contributed by atoms with E-state index in [1.807, 2.05) is 13.1 Å². The van der Waals surface area contributed by atoms with Crippen LogP contribution in [0, 0.1) is 12.7 Å². The highest BCUT2D eigenvalue weighted by Crippen LogP contribution is 2.25. The van der Waals surface area contributed by atoms with E-state index in [-0.39, 0.29) is 34.4 Å². The van der Waals surface area contributed by atoms with Crippen molar-refractivity contribution < 1.29 is 35.9 Å². The molecule has 214 valence electrons. The Kier molecular flexibility index (Phi) is 10.4. The lowest BCUT2D eigenvalue weighted by Crippen LogP contribution is -2.37. The number of carboxylic acids is 1. The van der Waals surface area contributed by atoms with Crippen molar-refractivity contribution in [2.75, 3.05) is 17.1 Å². The molecular formula is C24H29F4N5O4S2. The Morgan fingerprint density at radius 3 is 2.31 bits per heavy atom. The summed E-state index contributed by atoms with van der Waals surface area (Å²) in [5.74, 6) is -2.87. The number of hydrogen-bond acceptors (Lipinski definition) is 8. The van der Waals surface area contributed by atoms with E-state index in [1.165, 1.54) is 6.07 Å². The summed E-state index contributed by atoms with van der Waals surface area (Å²) < 4.78 is 78.8. The molecule has 0 aliphatic rings. The molecule has 0 unspecified atom stereocenters. The maximum atomic E-state index is 14.7. The van der Waals surface area contributed by atoms with Crippen LogP contribution in [-0.2, 0) is 27.9 Å². The fourth-order valence-electron chi connectivity index (χ4n) is 2.95. The van der Waals surface area contributed by atoms with Gasteiger partial charge in [-0.25, -0.2) is 14.2 Å². The number of pyridine rings is 1. The zero-order chi connectivity index (χ0) is 29.6. The Bertz CT molecular complexity index is 1380. The minimum atomic E-state index is -5.08. The van der Waals surface area contributed by atoms with Crippen molar-refractivity contribution in [2.45, 2.75) is 57.5 Å². The molecule has 0 amide bonds. The van der Waals surface area contributed by atoms with E-state index >= 15 is 0 Å². The first-order chi connectivity index (χ1) is 17.9. The van der Waals surface area contributed by atoms with Gasteiger partial charge in [0.25, 0.3) is 10.0 Å². The summed E-state index contributed by atoms with van der Waals surface area (Å²) in [5.41, 5.74) is 2.07. The summed E-state index contributed by atoms with van der Waals surface area (Å²) in [6, 6.07) is 9.90. The number of rotatable bonds is 8. The van der Waals surface area contributed by atoms with Crippen LogP contribution in [0.3, 0.4) is 0 Å². The lowest BCUT2D eigenvalue weighted by molar-refractivity contribution is -0.192. The Morgan fingerprint density at radius 2 is 1.77 bits per heavy atom. The molecule has 0 aliphatic carbocycles. The van der Waals surface area contributed by atoms with E-state index in [9.17, 15) is 26.0 Å². The molecular weight excluding hydrogens is 562 g/mol. The van der Waals surface area contributed by atoms with Crippen LogP contribution < -0.4 is 10.0 Å². The number of nitrogens with one attached hydrogen (secondary N) is 2. The fourth-order valence-corrected chi connectivity index (χ4v) is 4.66. The average molecular weight is 592 g/mol. The van der Waals surface area contributed by atoms with Gasteiger partial charge in [-0.1, -0.05) is 12.1 Å². The molecule has 0 bridgehead atoms. The van der Waals surface area contributed by atoms with Gasteiger partial charge in [-0.15, -0.1) is 0 Å². The summed E-state index contributed by atoms with van der Waals surface area (Å²) in [6.07, 6.45) is -5.08. The van der Waals surface area contributed by atoms with Crippen LogP contribution in [0.1, 0.15) is 37.6 Å². The highest BCUT2D eigenvalue weighted by atomic mass is 32.2. The van der Waals surface area contributed by atoms with Crippen molar-refractivity contribution in [3.63, 3.8) is 0 Å². The first-order valence-corrected chi connectivity index (χ1v) is 13.7. The number of benzene rings is 1. The minimum absolute atomic E-state index is 0.0828. The summed E-state index contributed by atoms with van der Waals surface area (Å²) in [7, 11) is -1.99. The smallest absolute Gasteiger partial charge is 0.475 e. The summed E-state index contributed by atoms with van der Waals surface area (Å²) in [4.78, 5) is 15.3. The van der Waals surface area contributed by atoms with Crippen LogP contribution in [0.15, 0.2) is 46.8 Å². The van der Waals surface area contributed by atoms with Crippen molar-refractivity contribution >= 4 is 39.0 Å². The number of aryl methyl sites for hydroxylation is 1. The number of aromatic nitrogens is 2. The van der Waals surface area contributed by atoms with Crippen LogP contribution in [0.4, 0.5) is 29.1 Å². The van der Waals surface area contributed by atoms with E-state index < -0.39 is 22.2 Å². The maximum Gasteiger partial charge on any atom is 0.490 e. The topological polar surface area (TPSA) is 125 Å². The third kappa shape index (κ3) is 9.44. The van der Waals surface area contributed by atoms with Crippen molar-refractivity contribution in [3.8, 4) is 0 Å². The highest BCUT2D eigenvalue weighted by molar-refractivity contribution is 7.92. The monoisotopic (exact) mass is 591 g/mol. The molecule has 3 N–H and O–H groups in total. The largest absolute Gasteiger partial charge is 0.490 e. The van der Waals surface area contributed by atoms with Gasteiger partial charge in [0, 0.05) is 35.3 Å². The number of sulfonamides is 1. The highest BCUT2D eigenvalue weighted by Gasteiger charge is 2.38. The Labute approximate surface area is 228 Å². The fraction of sp³-hybridized carbons (Fsp3) is 0.375. The zero-order valence-corrected chi connectivity index (χ0v) is 23.4. The molecule has 0 saturated heterocycles. The SMILES string of the molecule is Cc1ccc(NCc2c(F)cccc2CN(C)C(C)(C)C)c(S(=O)(=O)Nc2ccsn2)n1.O=C(O)C(F)(F)F. The van der Waals surface area contributed by atoms with Gasteiger partial charge >= 0.3 is 12.1 Å². The molecule has 0 aliphatic heterocycles. The molecule has 39 heavy (non-hydrogen) atoms. The van der Waals surface area contributed by atoms with E-state index in [0.29, 0.717) is 17.8 Å². The molecule has 3 rings (SSSR count). The van der Waals surface area contributed by atoms with Crippen molar-refractivity contribution in [2.24, 2.45) is 0 Å². The van der Waals surface area contributed by atoms with Crippen LogP contribution in [0.25, 0.3) is 0 Å². The van der Waals surface area contributed by atoms with Gasteiger partial charge in [0.1, 0.15) is 5.82 Å². The first-order valence-electron chi connectivity index (χ1n) is 11.3. The number of halogens is 4. The number of carbonyl (C=O) groups is 1. The molecule has 0 fully saturated rings. The predicted molar refractivity (Wildman–Crippen MR) is 141 cm³/mol. The average Bonchev–Trinajstić information content (AvgIpc) is 3.31. The van der Waals surface area contributed by atoms with Gasteiger partial charge in [-0.2, -0.15) is 26.0 Å². The van der Waals surface area contributed by atoms with Crippen LogP contribution >= 0.6 is 11.5 Å². The number of hydrogen-bond donors (Lipinski definition) is 3.